The van der Waals surface area contributed by atoms with Gasteiger partial charge in [0.05, 0.1) is 11.3 Å². The summed E-state index contributed by atoms with van der Waals surface area (Å²) in [6.45, 7) is 4.51. The summed E-state index contributed by atoms with van der Waals surface area (Å²) in [5, 5.41) is 5.42. The van der Waals surface area contributed by atoms with Crippen LogP contribution in [0.4, 0.5) is 10.3 Å². The number of halogens is 1. The Kier molecular flexibility index (Phi) is 5.13. The van der Waals surface area contributed by atoms with Gasteiger partial charge in [0.2, 0.25) is 5.95 Å². The van der Waals surface area contributed by atoms with E-state index in [1.807, 2.05) is 19.9 Å². The molecule has 0 bridgehead atoms. The lowest BCUT2D eigenvalue weighted by Crippen LogP contribution is -2.15. The number of hydrogen-bond acceptors (Lipinski definition) is 4. The highest BCUT2D eigenvalue weighted by molar-refractivity contribution is 5.74. The van der Waals surface area contributed by atoms with Crippen molar-refractivity contribution < 1.29 is 4.39 Å². The Bertz CT molecular complexity index is 426. The van der Waals surface area contributed by atoms with Crippen molar-refractivity contribution in [2.24, 2.45) is 0 Å². The maximum Gasteiger partial charge on any atom is 0.222 e. The molecular weight excluding hydrogens is 219 g/mol. The third-order valence-corrected chi connectivity index (χ3v) is 2.05. The third-order valence-electron chi connectivity index (χ3n) is 2.05. The van der Waals surface area contributed by atoms with E-state index < -0.39 is 0 Å². The van der Waals surface area contributed by atoms with Gasteiger partial charge in [-0.05, 0) is 6.07 Å². The number of anilines is 1. The van der Waals surface area contributed by atoms with Gasteiger partial charge in [-0.1, -0.05) is 26.0 Å². The van der Waals surface area contributed by atoms with Crippen molar-refractivity contribution >= 4 is 11.5 Å². The van der Waals surface area contributed by atoms with E-state index in [9.17, 15) is 4.39 Å². The van der Waals surface area contributed by atoms with E-state index in [1.165, 1.54) is 0 Å². The Morgan fingerprint density at radius 3 is 2.82 bits per heavy atom. The topological polar surface area (TPSA) is 49.8 Å². The molecule has 1 aliphatic heterocycles. The van der Waals surface area contributed by atoms with Crippen LogP contribution in [-0.2, 0) is 0 Å². The van der Waals surface area contributed by atoms with Gasteiger partial charge in [0.15, 0.2) is 5.95 Å². The third kappa shape index (κ3) is 3.27. The fourth-order valence-electron chi connectivity index (χ4n) is 1.32. The summed E-state index contributed by atoms with van der Waals surface area (Å²) in [5.41, 5.74) is 1.02. The van der Waals surface area contributed by atoms with E-state index in [1.54, 1.807) is 25.4 Å². The highest BCUT2D eigenvalue weighted by Gasteiger charge is 2.11. The lowest BCUT2D eigenvalue weighted by Gasteiger charge is -2.11. The maximum absolute atomic E-state index is 13.4. The average Bonchev–Trinajstić information content (AvgIpc) is 2.42. The molecule has 0 atom stereocenters. The minimum atomic E-state index is -0.349. The van der Waals surface area contributed by atoms with Gasteiger partial charge in [0.1, 0.15) is 0 Å². The SMILES string of the molecule is CC.CNc1nccc(C2=C(F)NCC=C2)n1. The molecule has 0 saturated heterocycles. The van der Waals surface area contributed by atoms with E-state index in [0.29, 0.717) is 23.8 Å². The molecule has 4 nitrogen and oxygen atoms in total. The van der Waals surface area contributed by atoms with Gasteiger partial charge < -0.3 is 10.6 Å². The summed E-state index contributed by atoms with van der Waals surface area (Å²) in [5.74, 6) is 0.130. The molecule has 0 unspecified atom stereocenters. The molecule has 17 heavy (non-hydrogen) atoms. The Labute approximate surface area is 101 Å². The Balaban J connectivity index is 0.000000686. The summed E-state index contributed by atoms with van der Waals surface area (Å²) >= 11 is 0. The number of nitrogens with zero attached hydrogens (tertiary/aromatic N) is 2. The minimum Gasteiger partial charge on any atom is -0.358 e. The van der Waals surface area contributed by atoms with Crippen molar-refractivity contribution in [1.82, 2.24) is 15.3 Å². The summed E-state index contributed by atoms with van der Waals surface area (Å²) in [6.07, 6.45) is 5.16. The predicted molar refractivity (Wildman–Crippen MR) is 68.1 cm³/mol. The molecule has 2 heterocycles. The average molecular weight is 236 g/mol. The monoisotopic (exact) mass is 236 g/mol. The largest absolute Gasteiger partial charge is 0.358 e. The first kappa shape index (κ1) is 13.2. The number of allylic oxidation sites excluding steroid dienone is 2. The maximum atomic E-state index is 13.4. The molecule has 0 fully saturated rings. The van der Waals surface area contributed by atoms with E-state index >= 15 is 0 Å². The molecule has 0 amide bonds. The molecule has 0 saturated carbocycles. The molecule has 2 rings (SSSR count). The van der Waals surface area contributed by atoms with Crippen molar-refractivity contribution in [1.29, 1.82) is 0 Å². The van der Waals surface area contributed by atoms with Gasteiger partial charge in [0, 0.05) is 19.8 Å². The first-order chi connectivity index (χ1) is 8.31. The molecule has 2 N–H and O–H groups in total. The van der Waals surface area contributed by atoms with Crippen LogP contribution in [0.2, 0.25) is 0 Å². The van der Waals surface area contributed by atoms with Crippen LogP contribution in [-0.4, -0.2) is 23.6 Å². The molecule has 92 valence electrons. The van der Waals surface area contributed by atoms with Crippen LogP contribution in [0.25, 0.3) is 5.57 Å². The Morgan fingerprint density at radius 2 is 2.18 bits per heavy atom. The second-order valence-electron chi connectivity index (χ2n) is 3.03. The van der Waals surface area contributed by atoms with Crippen LogP contribution in [0.15, 0.2) is 30.4 Å². The summed E-state index contributed by atoms with van der Waals surface area (Å²) in [7, 11) is 1.72. The highest BCUT2D eigenvalue weighted by atomic mass is 19.1. The van der Waals surface area contributed by atoms with Crippen LogP contribution in [0.3, 0.4) is 0 Å². The quantitative estimate of drug-likeness (QED) is 0.774. The van der Waals surface area contributed by atoms with Crippen LogP contribution in [0.1, 0.15) is 19.5 Å². The van der Waals surface area contributed by atoms with Crippen molar-refractivity contribution in [3.63, 3.8) is 0 Å². The standard InChI is InChI=1S/C10H11FN4.C2H6/c1-12-10-14-6-4-8(15-10)7-3-2-5-13-9(7)11;1-2/h2-4,6,13H,5H2,1H3,(H,12,14,15);1-2H3. The van der Waals surface area contributed by atoms with Crippen molar-refractivity contribution in [2.45, 2.75) is 13.8 Å². The minimum absolute atomic E-state index is 0.349. The van der Waals surface area contributed by atoms with Crippen LogP contribution >= 0.6 is 0 Å². The molecular formula is C12H17FN4. The predicted octanol–water partition coefficient (Wildman–Crippen LogP) is 2.34. The zero-order chi connectivity index (χ0) is 12.7. The molecule has 1 aromatic heterocycles. The molecule has 0 radical (unpaired) electrons. The number of dihydropyridines is 1. The lowest BCUT2D eigenvalue weighted by molar-refractivity contribution is 0.560. The lowest BCUT2D eigenvalue weighted by atomic mass is 10.1. The molecule has 0 aromatic carbocycles. The van der Waals surface area contributed by atoms with E-state index in [-0.39, 0.29) is 5.95 Å². The van der Waals surface area contributed by atoms with Gasteiger partial charge in [-0.3, -0.25) is 0 Å². The second kappa shape index (κ2) is 6.62. The number of nitrogens with one attached hydrogen (secondary N) is 2. The van der Waals surface area contributed by atoms with E-state index in [0.717, 1.165) is 0 Å². The van der Waals surface area contributed by atoms with Crippen LogP contribution < -0.4 is 10.6 Å². The fraction of sp³-hybridized carbons (Fsp3) is 0.333. The van der Waals surface area contributed by atoms with Gasteiger partial charge in [-0.2, -0.15) is 4.39 Å². The molecule has 0 spiro atoms. The van der Waals surface area contributed by atoms with E-state index in [4.69, 9.17) is 0 Å². The highest BCUT2D eigenvalue weighted by Crippen LogP contribution is 2.20. The summed E-state index contributed by atoms with van der Waals surface area (Å²) < 4.78 is 13.4. The molecule has 0 aliphatic carbocycles. The summed E-state index contributed by atoms with van der Waals surface area (Å²) in [6, 6.07) is 1.67. The number of rotatable bonds is 2. The molecule has 5 heteroatoms. The van der Waals surface area contributed by atoms with E-state index in [2.05, 4.69) is 20.6 Å². The smallest absolute Gasteiger partial charge is 0.222 e. The second-order valence-corrected chi connectivity index (χ2v) is 3.03. The fourth-order valence-corrected chi connectivity index (χ4v) is 1.32. The van der Waals surface area contributed by atoms with Gasteiger partial charge in [-0.25, -0.2) is 9.97 Å². The first-order valence-electron chi connectivity index (χ1n) is 5.62. The van der Waals surface area contributed by atoms with Gasteiger partial charge >= 0.3 is 0 Å². The Morgan fingerprint density at radius 1 is 1.41 bits per heavy atom. The van der Waals surface area contributed by atoms with Gasteiger partial charge in [-0.15, -0.1) is 0 Å². The molecule has 1 aromatic rings. The normalized spacial score (nSPS) is 13.6. The zero-order valence-corrected chi connectivity index (χ0v) is 10.3. The molecule has 1 aliphatic rings. The van der Waals surface area contributed by atoms with Crippen LogP contribution in [0.5, 0.6) is 0 Å². The van der Waals surface area contributed by atoms with Crippen molar-refractivity contribution in [3.8, 4) is 0 Å². The first-order valence-corrected chi connectivity index (χ1v) is 5.62. The zero-order valence-electron chi connectivity index (χ0n) is 10.3. The van der Waals surface area contributed by atoms with Crippen molar-refractivity contribution in [2.75, 3.05) is 18.9 Å². The van der Waals surface area contributed by atoms with Gasteiger partial charge in [0.25, 0.3) is 0 Å². The van der Waals surface area contributed by atoms with Crippen LogP contribution in [0, 0.1) is 0 Å². The number of hydrogen-bond donors (Lipinski definition) is 2. The van der Waals surface area contributed by atoms with Crippen molar-refractivity contribution in [3.05, 3.63) is 36.1 Å². The Hall–Kier alpha value is -1.91. The summed E-state index contributed by atoms with van der Waals surface area (Å²) in [4.78, 5) is 8.12. The number of aromatic nitrogens is 2.